The molecule has 0 radical (unpaired) electrons. The van der Waals surface area contributed by atoms with Crippen molar-refractivity contribution < 1.29 is 31.1 Å². The van der Waals surface area contributed by atoms with Crippen LogP contribution in [-0.2, 0) is 24.8 Å². The molecular formula is C22H30ClFN2O6S2. The molecule has 0 aromatic heterocycles. The summed E-state index contributed by atoms with van der Waals surface area (Å²) in [6, 6.07) is 9.55. The van der Waals surface area contributed by atoms with Crippen molar-refractivity contribution in [2.45, 2.75) is 35.8 Å². The number of hydrogen-bond donors (Lipinski definition) is 1. The van der Waals surface area contributed by atoms with E-state index in [0.29, 0.717) is 0 Å². The molecule has 190 valence electrons. The van der Waals surface area contributed by atoms with Crippen molar-refractivity contribution in [3.8, 4) is 0 Å². The average molecular weight is 537 g/mol. The maximum Gasteiger partial charge on any atom is 0.243 e. The Kier molecular flexibility index (Phi) is 10.0. The quantitative estimate of drug-likeness (QED) is 0.447. The van der Waals surface area contributed by atoms with Gasteiger partial charge in [0.05, 0.1) is 22.5 Å². The Hall–Kier alpha value is -1.60. The molecule has 1 N–H and O–H groups in total. The maximum atomic E-state index is 13.3. The van der Waals surface area contributed by atoms with Gasteiger partial charge in [0.1, 0.15) is 5.82 Å². The summed E-state index contributed by atoms with van der Waals surface area (Å²) in [7, 11) is -5.15. The van der Waals surface area contributed by atoms with Gasteiger partial charge in [-0.05, 0) is 55.3 Å². The van der Waals surface area contributed by atoms with E-state index in [1.807, 2.05) is 0 Å². The van der Waals surface area contributed by atoms with Crippen LogP contribution in [0.25, 0.3) is 0 Å². The van der Waals surface area contributed by atoms with E-state index >= 15 is 0 Å². The fourth-order valence-corrected chi connectivity index (χ4v) is 6.60. The van der Waals surface area contributed by atoms with Gasteiger partial charge in [-0.2, -0.15) is 8.61 Å². The summed E-state index contributed by atoms with van der Waals surface area (Å²) in [6.07, 6.45) is -0.678. The Balaban J connectivity index is 2.26. The summed E-state index contributed by atoms with van der Waals surface area (Å²) in [5.41, 5.74) is 0. The second-order valence-electron chi connectivity index (χ2n) is 8.05. The molecule has 0 amide bonds. The van der Waals surface area contributed by atoms with Crippen molar-refractivity contribution >= 4 is 31.6 Å². The predicted octanol–water partition coefficient (Wildman–Crippen LogP) is 2.82. The van der Waals surface area contributed by atoms with Crippen LogP contribution < -0.4 is 0 Å². The molecule has 0 bridgehead atoms. The lowest BCUT2D eigenvalue weighted by Gasteiger charge is -2.33. The molecule has 2 aromatic rings. The summed E-state index contributed by atoms with van der Waals surface area (Å²) in [5.74, 6) is -1.01. The lowest BCUT2D eigenvalue weighted by Crippen LogP contribution is -2.47. The second kappa shape index (κ2) is 11.9. The second-order valence-corrected chi connectivity index (χ2v) is 12.4. The van der Waals surface area contributed by atoms with Gasteiger partial charge in [0, 0.05) is 38.3 Å². The summed E-state index contributed by atoms with van der Waals surface area (Å²) >= 11 is 5.97. The molecule has 0 aliphatic heterocycles. The number of nitrogens with zero attached hydrogens (tertiary/aromatic N) is 2. The zero-order chi connectivity index (χ0) is 25.7. The van der Waals surface area contributed by atoms with Gasteiger partial charge in [-0.15, -0.1) is 0 Å². The largest absolute Gasteiger partial charge is 0.395 e. The lowest BCUT2D eigenvalue weighted by atomic mass is 10.0. The van der Waals surface area contributed by atoms with E-state index in [2.05, 4.69) is 0 Å². The highest BCUT2D eigenvalue weighted by Crippen LogP contribution is 2.24. The van der Waals surface area contributed by atoms with Crippen molar-refractivity contribution in [2.24, 2.45) is 5.92 Å². The number of halogens is 2. The third-order valence-electron chi connectivity index (χ3n) is 5.52. The molecule has 0 heterocycles. The van der Waals surface area contributed by atoms with Crippen molar-refractivity contribution in [3.05, 3.63) is 59.4 Å². The summed E-state index contributed by atoms with van der Waals surface area (Å²) in [4.78, 5) is -0.0876. The van der Waals surface area contributed by atoms with Crippen LogP contribution in [0.5, 0.6) is 0 Å². The van der Waals surface area contributed by atoms with E-state index in [1.165, 1.54) is 44.5 Å². The number of likely N-dealkylation sites (N-methyl/N-ethyl adjacent to an activating group) is 1. The number of ether oxygens (including phenoxy) is 1. The first kappa shape index (κ1) is 28.6. The molecular weight excluding hydrogens is 507 g/mol. The Labute approximate surface area is 206 Å². The molecule has 34 heavy (non-hydrogen) atoms. The summed E-state index contributed by atoms with van der Waals surface area (Å²) in [6.45, 7) is 2.78. The molecule has 2 aromatic carbocycles. The highest BCUT2D eigenvalue weighted by Gasteiger charge is 2.34. The molecule has 0 aliphatic rings. The van der Waals surface area contributed by atoms with E-state index in [-0.39, 0.29) is 27.9 Å². The van der Waals surface area contributed by atoms with Crippen LogP contribution in [0.15, 0.2) is 58.3 Å². The van der Waals surface area contributed by atoms with Gasteiger partial charge < -0.3 is 9.84 Å². The average Bonchev–Trinajstić information content (AvgIpc) is 2.80. The van der Waals surface area contributed by atoms with Crippen LogP contribution in [0.4, 0.5) is 4.39 Å². The van der Waals surface area contributed by atoms with Crippen LogP contribution in [0.3, 0.4) is 0 Å². The number of benzene rings is 2. The molecule has 0 fully saturated rings. The molecule has 0 saturated heterocycles. The van der Waals surface area contributed by atoms with E-state index in [1.54, 1.807) is 19.9 Å². The third kappa shape index (κ3) is 6.75. The monoisotopic (exact) mass is 536 g/mol. The minimum atomic E-state index is -4.01. The normalized spacial score (nSPS) is 15.4. The number of aliphatic hydroxyl groups excluding tert-OH is 1. The first-order valence-electron chi connectivity index (χ1n) is 10.5. The Morgan fingerprint density at radius 2 is 1.62 bits per heavy atom. The molecule has 0 spiro atoms. The van der Waals surface area contributed by atoms with Gasteiger partial charge >= 0.3 is 0 Å². The smallest absolute Gasteiger partial charge is 0.243 e. The molecule has 12 heteroatoms. The van der Waals surface area contributed by atoms with Crippen molar-refractivity contribution in [1.29, 1.82) is 0 Å². The van der Waals surface area contributed by atoms with Crippen molar-refractivity contribution in [1.82, 2.24) is 8.61 Å². The van der Waals surface area contributed by atoms with Gasteiger partial charge in [-0.1, -0.05) is 24.6 Å². The van der Waals surface area contributed by atoms with E-state index < -0.39 is 50.5 Å². The zero-order valence-corrected chi connectivity index (χ0v) is 21.8. The third-order valence-corrected chi connectivity index (χ3v) is 9.57. The van der Waals surface area contributed by atoms with Crippen LogP contribution in [0, 0.1) is 11.7 Å². The van der Waals surface area contributed by atoms with Crippen molar-refractivity contribution in [3.63, 3.8) is 0 Å². The topological polar surface area (TPSA) is 104 Å². The molecule has 3 atom stereocenters. The number of rotatable bonds is 12. The molecule has 0 aliphatic carbocycles. The minimum absolute atomic E-state index is 0.0162. The first-order chi connectivity index (χ1) is 15.8. The molecule has 8 nitrogen and oxygen atoms in total. The lowest BCUT2D eigenvalue weighted by molar-refractivity contribution is 0.0360. The van der Waals surface area contributed by atoms with Crippen LogP contribution in [0.1, 0.15) is 13.8 Å². The first-order valence-corrected chi connectivity index (χ1v) is 13.7. The fraction of sp³-hybridized carbons (Fsp3) is 0.455. The van der Waals surface area contributed by atoms with E-state index in [4.69, 9.17) is 16.3 Å². The Bertz CT molecular complexity index is 1160. The van der Waals surface area contributed by atoms with Crippen molar-refractivity contribution in [2.75, 3.05) is 33.9 Å². The number of aliphatic hydroxyl groups is 1. The van der Waals surface area contributed by atoms with E-state index in [9.17, 15) is 26.3 Å². The summed E-state index contributed by atoms with van der Waals surface area (Å²) < 4.78 is 73.3. The van der Waals surface area contributed by atoms with Gasteiger partial charge in [-0.3, -0.25) is 0 Å². The predicted molar refractivity (Wildman–Crippen MR) is 128 cm³/mol. The van der Waals surface area contributed by atoms with Gasteiger partial charge in [0.2, 0.25) is 20.0 Å². The Morgan fingerprint density at radius 3 is 2.15 bits per heavy atom. The number of sulfonamides is 2. The number of methoxy groups -OCH3 is 1. The molecule has 0 saturated carbocycles. The van der Waals surface area contributed by atoms with Gasteiger partial charge in [-0.25, -0.2) is 21.2 Å². The van der Waals surface area contributed by atoms with E-state index in [0.717, 1.165) is 20.7 Å². The number of hydrogen-bond acceptors (Lipinski definition) is 6. The van der Waals surface area contributed by atoms with Gasteiger partial charge in [0.15, 0.2) is 0 Å². The van der Waals surface area contributed by atoms with Crippen LogP contribution in [-0.4, -0.2) is 76.6 Å². The standard InChI is InChI=1S/C22H30ClFN2O6S2/c1-16(13-26(17(2)15-27)34(30,31)21-7-5-6-18(23)12-21)22(32-4)14-25(3)33(28,29)20-10-8-19(24)9-11-20/h5-12,16-17,22,27H,13-15H2,1-4H3/t16-,17-,22-/m0/s1. The van der Waals surface area contributed by atoms with Gasteiger partial charge in [0.25, 0.3) is 0 Å². The highest BCUT2D eigenvalue weighted by atomic mass is 35.5. The fourth-order valence-electron chi connectivity index (χ4n) is 3.40. The molecule has 0 unspecified atom stereocenters. The van der Waals surface area contributed by atoms with Crippen LogP contribution >= 0.6 is 11.6 Å². The maximum absolute atomic E-state index is 13.3. The van der Waals surface area contributed by atoms with Crippen LogP contribution in [0.2, 0.25) is 5.02 Å². The minimum Gasteiger partial charge on any atom is -0.395 e. The summed E-state index contributed by atoms with van der Waals surface area (Å²) in [5, 5.41) is 9.96. The zero-order valence-electron chi connectivity index (χ0n) is 19.4. The Morgan fingerprint density at radius 1 is 1.00 bits per heavy atom. The molecule has 2 rings (SSSR count). The SMILES string of the molecule is CO[C@@H](CN(C)S(=O)(=O)c1ccc(F)cc1)[C@@H](C)CN([C@@H](C)CO)S(=O)(=O)c1cccc(Cl)c1. The highest BCUT2D eigenvalue weighted by molar-refractivity contribution is 7.89.